The van der Waals surface area contributed by atoms with Crippen LogP contribution in [0.2, 0.25) is 0 Å². The van der Waals surface area contributed by atoms with Crippen LogP contribution in [0.15, 0.2) is 12.7 Å². The second-order valence-electron chi connectivity index (χ2n) is 3.24. The van der Waals surface area contributed by atoms with Crippen LogP contribution in [-0.4, -0.2) is 11.8 Å². The number of carbonyl (C=O) groups excluding carboxylic acids is 1. The molecular weight excluding hydrogens is 150 g/mol. The fraction of sp³-hybridized carbons (Fsp3) is 0.700. The third-order valence-corrected chi connectivity index (χ3v) is 1.74. The van der Waals surface area contributed by atoms with Crippen LogP contribution in [0.25, 0.3) is 0 Å². The molecule has 0 aromatic heterocycles. The summed E-state index contributed by atoms with van der Waals surface area (Å²) in [6.07, 6.45) is 5.77. The van der Waals surface area contributed by atoms with E-state index in [1.54, 1.807) is 6.08 Å². The topological polar surface area (TPSA) is 43.1 Å². The first-order valence-corrected chi connectivity index (χ1v) is 4.55. The Kier molecular flexibility index (Phi) is 6.67. The smallest absolute Gasteiger partial charge is 0.133 e. The zero-order chi connectivity index (χ0) is 9.40. The molecule has 0 spiro atoms. The number of nitrogens with two attached hydrogens (primary N) is 1. The van der Waals surface area contributed by atoms with Gasteiger partial charge >= 0.3 is 0 Å². The second-order valence-corrected chi connectivity index (χ2v) is 3.24. The Hall–Kier alpha value is -0.630. The van der Waals surface area contributed by atoms with E-state index in [9.17, 15) is 4.79 Å². The van der Waals surface area contributed by atoms with Crippen LogP contribution in [0.1, 0.15) is 39.0 Å². The van der Waals surface area contributed by atoms with Crippen molar-refractivity contribution in [2.24, 2.45) is 5.73 Å². The van der Waals surface area contributed by atoms with Crippen molar-refractivity contribution in [3.63, 3.8) is 0 Å². The lowest BCUT2D eigenvalue weighted by Gasteiger charge is -2.02. The molecule has 70 valence electrons. The van der Waals surface area contributed by atoms with E-state index >= 15 is 0 Å². The Balaban J connectivity index is 3.25. The van der Waals surface area contributed by atoms with Crippen molar-refractivity contribution in [2.75, 3.05) is 0 Å². The summed E-state index contributed by atoms with van der Waals surface area (Å²) in [5, 5.41) is 0. The lowest BCUT2D eigenvalue weighted by Crippen LogP contribution is -2.14. The van der Waals surface area contributed by atoms with E-state index in [0.29, 0.717) is 18.6 Å². The van der Waals surface area contributed by atoms with Gasteiger partial charge in [-0.3, -0.25) is 4.79 Å². The van der Waals surface area contributed by atoms with Crippen LogP contribution in [-0.2, 0) is 4.79 Å². The molecule has 2 heteroatoms. The van der Waals surface area contributed by atoms with E-state index in [4.69, 9.17) is 5.73 Å². The Morgan fingerprint density at radius 2 is 2.25 bits per heavy atom. The minimum absolute atomic E-state index is 0.220. The quantitative estimate of drug-likeness (QED) is 0.593. The summed E-state index contributed by atoms with van der Waals surface area (Å²) in [6, 6.07) is 0.220. The number of allylic oxidation sites excluding steroid dienone is 1. The highest BCUT2D eigenvalue weighted by Crippen LogP contribution is 2.03. The highest BCUT2D eigenvalue weighted by molar-refractivity contribution is 5.78. The molecule has 0 bridgehead atoms. The molecule has 0 amide bonds. The van der Waals surface area contributed by atoms with Crippen molar-refractivity contribution in [3.8, 4) is 0 Å². The molecule has 0 rings (SSSR count). The summed E-state index contributed by atoms with van der Waals surface area (Å²) >= 11 is 0. The van der Waals surface area contributed by atoms with E-state index < -0.39 is 0 Å². The van der Waals surface area contributed by atoms with Crippen molar-refractivity contribution in [1.29, 1.82) is 0 Å². The molecule has 1 unspecified atom stereocenters. The van der Waals surface area contributed by atoms with Crippen LogP contribution >= 0.6 is 0 Å². The van der Waals surface area contributed by atoms with Gasteiger partial charge in [0.05, 0.1) is 0 Å². The summed E-state index contributed by atoms with van der Waals surface area (Å²) in [6.45, 7) is 5.54. The highest BCUT2D eigenvalue weighted by Gasteiger charge is 2.01. The zero-order valence-corrected chi connectivity index (χ0v) is 7.88. The molecule has 0 saturated carbocycles. The largest absolute Gasteiger partial charge is 0.328 e. The maximum absolute atomic E-state index is 11.1. The number of Topliss-reactive ketones (excluding diaryl/α,β-unsaturated/α-hetero) is 1. The van der Waals surface area contributed by atoms with Gasteiger partial charge in [0.1, 0.15) is 5.78 Å². The number of hydrogen-bond donors (Lipinski definition) is 1. The molecule has 0 aliphatic carbocycles. The molecule has 0 aliphatic rings. The van der Waals surface area contributed by atoms with Crippen molar-refractivity contribution in [3.05, 3.63) is 12.7 Å². The van der Waals surface area contributed by atoms with Crippen molar-refractivity contribution < 1.29 is 4.79 Å². The minimum Gasteiger partial charge on any atom is -0.328 e. The van der Waals surface area contributed by atoms with Crippen LogP contribution in [0.5, 0.6) is 0 Å². The normalized spacial score (nSPS) is 12.5. The molecule has 0 aromatic carbocycles. The fourth-order valence-electron chi connectivity index (χ4n) is 1.01. The maximum Gasteiger partial charge on any atom is 0.133 e. The number of carbonyl (C=O) groups is 1. The van der Waals surface area contributed by atoms with Gasteiger partial charge in [0.15, 0.2) is 0 Å². The van der Waals surface area contributed by atoms with Crippen molar-refractivity contribution in [2.45, 2.75) is 45.1 Å². The fourth-order valence-corrected chi connectivity index (χ4v) is 1.01. The highest BCUT2D eigenvalue weighted by atomic mass is 16.1. The van der Waals surface area contributed by atoms with Gasteiger partial charge in [0, 0.05) is 18.9 Å². The monoisotopic (exact) mass is 169 g/mol. The molecular formula is C10H19NO. The Labute approximate surface area is 74.8 Å². The molecule has 12 heavy (non-hydrogen) atoms. The average Bonchev–Trinajstić information content (AvgIpc) is 2.00. The average molecular weight is 169 g/mol. The van der Waals surface area contributed by atoms with Crippen LogP contribution in [0.3, 0.4) is 0 Å². The molecule has 0 saturated heterocycles. The van der Waals surface area contributed by atoms with E-state index in [2.05, 4.69) is 6.58 Å². The first-order chi connectivity index (χ1) is 5.66. The van der Waals surface area contributed by atoms with Gasteiger partial charge in [-0.2, -0.15) is 0 Å². The number of hydrogen-bond acceptors (Lipinski definition) is 2. The molecule has 2 nitrogen and oxygen atoms in total. The summed E-state index contributed by atoms with van der Waals surface area (Å²) in [5.74, 6) is 0.329. The molecule has 0 heterocycles. The minimum atomic E-state index is 0.220. The SMILES string of the molecule is C=CCCC(=O)CCCC(C)N. The van der Waals surface area contributed by atoms with E-state index in [-0.39, 0.29) is 6.04 Å². The predicted molar refractivity (Wildman–Crippen MR) is 51.9 cm³/mol. The third kappa shape index (κ3) is 7.48. The maximum atomic E-state index is 11.1. The molecule has 0 aromatic rings. The summed E-state index contributed by atoms with van der Waals surface area (Å²) in [5.41, 5.74) is 5.55. The van der Waals surface area contributed by atoms with Gasteiger partial charge < -0.3 is 5.73 Å². The van der Waals surface area contributed by atoms with Gasteiger partial charge in [-0.15, -0.1) is 6.58 Å². The van der Waals surface area contributed by atoms with Crippen LogP contribution in [0, 0.1) is 0 Å². The van der Waals surface area contributed by atoms with Gasteiger partial charge in [-0.05, 0) is 26.2 Å². The molecule has 0 fully saturated rings. The van der Waals surface area contributed by atoms with Crippen molar-refractivity contribution >= 4 is 5.78 Å². The van der Waals surface area contributed by atoms with Gasteiger partial charge in [-0.25, -0.2) is 0 Å². The molecule has 0 aliphatic heterocycles. The lowest BCUT2D eigenvalue weighted by atomic mass is 10.1. The van der Waals surface area contributed by atoms with E-state index in [1.165, 1.54) is 0 Å². The van der Waals surface area contributed by atoms with Crippen LogP contribution in [0.4, 0.5) is 0 Å². The Morgan fingerprint density at radius 3 is 2.75 bits per heavy atom. The number of ketones is 1. The Morgan fingerprint density at radius 1 is 1.58 bits per heavy atom. The second kappa shape index (κ2) is 7.04. The van der Waals surface area contributed by atoms with E-state index in [0.717, 1.165) is 19.3 Å². The van der Waals surface area contributed by atoms with Gasteiger partial charge in [0.25, 0.3) is 0 Å². The lowest BCUT2D eigenvalue weighted by molar-refractivity contribution is -0.119. The van der Waals surface area contributed by atoms with E-state index in [1.807, 2.05) is 6.92 Å². The Bertz CT molecular complexity index is 141. The van der Waals surface area contributed by atoms with Gasteiger partial charge in [-0.1, -0.05) is 6.08 Å². The standard InChI is InChI=1S/C10H19NO/c1-3-4-7-10(12)8-5-6-9(2)11/h3,9H,1,4-8,11H2,2H3. The third-order valence-electron chi connectivity index (χ3n) is 1.74. The van der Waals surface area contributed by atoms with Crippen LogP contribution < -0.4 is 5.73 Å². The number of rotatable bonds is 7. The molecule has 2 N–H and O–H groups in total. The summed E-state index contributed by atoms with van der Waals surface area (Å²) in [4.78, 5) is 11.1. The summed E-state index contributed by atoms with van der Waals surface area (Å²) < 4.78 is 0. The first kappa shape index (κ1) is 11.4. The predicted octanol–water partition coefficient (Wildman–Crippen LogP) is 2.04. The molecule has 0 radical (unpaired) electrons. The van der Waals surface area contributed by atoms with Crippen molar-refractivity contribution in [1.82, 2.24) is 0 Å². The van der Waals surface area contributed by atoms with Gasteiger partial charge in [0.2, 0.25) is 0 Å². The first-order valence-electron chi connectivity index (χ1n) is 4.55. The molecule has 1 atom stereocenters. The summed E-state index contributed by atoms with van der Waals surface area (Å²) in [7, 11) is 0. The zero-order valence-electron chi connectivity index (χ0n) is 7.88.